The number of hydrogen-bond acceptors (Lipinski definition) is 2. The number of hydrogen-bond donors (Lipinski definition) is 0. The van der Waals surface area contributed by atoms with E-state index in [2.05, 4.69) is 45.0 Å². The summed E-state index contributed by atoms with van der Waals surface area (Å²) in [6.07, 6.45) is 2.65. The van der Waals surface area contributed by atoms with Gasteiger partial charge in [0.15, 0.2) is 0 Å². The summed E-state index contributed by atoms with van der Waals surface area (Å²) in [6.45, 7) is 13.7. The fourth-order valence-electron chi connectivity index (χ4n) is 2.10. The number of rotatable bonds is 1. The number of nitrogens with zero attached hydrogens (tertiary/aromatic N) is 1. The molecule has 19 heavy (non-hydrogen) atoms. The molecular formula is C15H25NO2Si. The minimum Gasteiger partial charge on any atom is -0.450 e. The fourth-order valence-corrected chi connectivity index (χ4v) is 2.61. The largest absolute Gasteiger partial charge is 0.450 e. The molecule has 0 N–H and O–H groups in total. The Hall–Kier alpha value is -1.21. The molecule has 1 rings (SSSR count). The maximum atomic E-state index is 11.9. The minimum absolute atomic E-state index is 0.228. The van der Waals surface area contributed by atoms with Gasteiger partial charge >= 0.3 is 6.09 Å². The predicted octanol–water partition coefficient (Wildman–Crippen LogP) is 3.43. The lowest BCUT2D eigenvalue weighted by atomic mass is 9.95. The third-order valence-electron chi connectivity index (χ3n) is 3.25. The summed E-state index contributed by atoms with van der Waals surface area (Å²) in [5.41, 5.74) is 4.26. The van der Waals surface area contributed by atoms with E-state index in [0.29, 0.717) is 13.2 Å². The van der Waals surface area contributed by atoms with Gasteiger partial charge in [0.1, 0.15) is 8.07 Å². The van der Waals surface area contributed by atoms with Crippen molar-refractivity contribution in [1.82, 2.24) is 4.90 Å². The van der Waals surface area contributed by atoms with Crippen LogP contribution in [0, 0.1) is 11.5 Å². The first-order valence-corrected chi connectivity index (χ1v) is 10.3. The van der Waals surface area contributed by atoms with Gasteiger partial charge in [-0.05, 0) is 38.8 Å². The highest BCUT2D eigenvalue weighted by molar-refractivity contribution is 6.83. The molecule has 4 heteroatoms. The second-order valence-electron chi connectivity index (χ2n) is 6.35. The van der Waals surface area contributed by atoms with Crippen LogP contribution in [0.4, 0.5) is 4.79 Å². The van der Waals surface area contributed by atoms with E-state index in [1.165, 1.54) is 5.57 Å². The minimum atomic E-state index is -1.34. The number of carbonyl (C=O) groups excluding carboxylic acids is 1. The summed E-state index contributed by atoms with van der Waals surface area (Å²) < 4.78 is 5.10. The molecule has 1 aliphatic heterocycles. The highest BCUT2D eigenvalue weighted by atomic mass is 28.3. The maximum Gasteiger partial charge on any atom is 0.410 e. The van der Waals surface area contributed by atoms with Gasteiger partial charge in [-0.15, -0.1) is 5.54 Å². The molecule has 1 saturated heterocycles. The van der Waals surface area contributed by atoms with Crippen molar-refractivity contribution in [3.05, 3.63) is 11.6 Å². The van der Waals surface area contributed by atoms with E-state index < -0.39 is 8.07 Å². The average Bonchev–Trinajstić information content (AvgIpc) is 2.53. The van der Waals surface area contributed by atoms with Crippen LogP contribution in [0.15, 0.2) is 11.6 Å². The second-order valence-corrected chi connectivity index (χ2v) is 11.1. The van der Waals surface area contributed by atoms with E-state index in [9.17, 15) is 4.79 Å². The van der Waals surface area contributed by atoms with Crippen molar-refractivity contribution in [2.24, 2.45) is 0 Å². The first-order chi connectivity index (χ1) is 8.68. The highest BCUT2D eigenvalue weighted by Crippen LogP contribution is 2.34. The molecule has 0 unspecified atom stereocenters. The monoisotopic (exact) mass is 279 g/mol. The molecule has 1 heterocycles. The number of likely N-dealkylation sites (tertiary alicyclic amines) is 1. The fraction of sp³-hybridized carbons (Fsp3) is 0.667. The van der Waals surface area contributed by atoms with Crippen LogP contribution in [-0.2, 0) is 4.74 Å². The topological polar surface area (TPSA) is 29.5 Å². The Balaban J connectivity index is 2.87. The van der Waals surface area contributed by atoms with E-state index in [-0.39, 0.29) is 11.6 Å². The molecule has 1 fully saturated rings. The Labute approximate surface area is 118 Å². The zero-order valence-electron chi connectivity index (χ0n) is 13.0. The molecule has 0 aromatic carbocycles. The number of carbonyl (C=O) groups is 1. The predicted molar refractivity (Wildman–Crippen MR) is 81.6 cm³/mol. The Morgan fingerprint density at radius 3 is 2.63 bits per heavy atom. The van der Waals surface area contributed by atoms with Crippen LogP contribution in [0.2, 0.25) is 19.6 Å². The summed E-state index contributed by atoms with van der Waals surface area (Å²) in [7, 11) is -1.34. The van der Waals surface area contributed by atoms with Crippen LogP contribution in [0.25, 0.3) is 0 Å². The van der Waals surface area contributed by atoms with Gasteiger partial charge in [-0.3, -0.25) is 4.90 Å². The van der Waals surface area contributed by atoms with E-state index in [1.54, 1.807) is 4.90 Å². The SMILES string of the molecule is CCOC(=O)N1CC/C(=C\C#C[Si](C)(C)C)C1(C)C. The third-order valence-corrected chi connectivity index (χ3v) is 4.14. The Bertz CT molecular complexity index is 435. The molecule has 1 aliphatic rings. The van der Waals surface area contributed by atoms with E-state index in [4.69, 9.17) is 4.74 Å². The quantitative estimate of drug-likeness (QED) is 0.543. The lowest BCUT2D eigenvalue weighted by Gasteiger charge is -2.31. The van der Waals surface area contributed by atoms with Gasteiger partial charge in [0.2, 0.25) is 0 Å². The van der Waals surface area contributed by atoms with Crippen molar-refractivity contribution in [1.29, 1.82) is 0 Å². The van der Waals surface area contributed by atoms with Crippen molar-refractivity contribution >= 4 is 14.2 Å². The Kier molecular flexibility index (Phi) is 4.86. The zero-order valence-corrected chi connectivity index (χ0v) is 14.0. The Morgan fingerprint density at radius 2 is 2.11 bits per heavy atom. The summed E-state index contributed by atoms with van der Waals surface area (Å²) in [5.74, 6) is 3.19. The van der Waals surface area contributed by atoms with Gasteiger partial charge in [0, 0.05) is 6.54 Å². The number of amides is 1. The first kappa shape index (κ1) is 15.8. The van der Waals surface area contributed by atoms with Crippen LogP contribution in [-0.4, -0.2) is 37.8 Å². The third kappa shape index (κ3) is 4.14. The molecular weight excluding hydrogens is 254 g/mol. The summed E-state index contributed by atoms with van der Waals surface area (Å²) >= 11 is 0. The van der Waals surface area contributed by atoms with Gasteiger partial charge in [-0.1, -0.05) is 25.6 Å². The molecule has 106 valence electrons. The van der Waals surface area contributed by atoms with Gasteiger partial charge in [-0.2, -0.15) is 0 Å². The first-order valence-electron chi connectivity index (χ1n) is 6.85. The molecule has 0 aliphatic carbocycles. The van der Waals surface area contributed by atoms with Gasteiger partial charge in [-0.25, -0.2) is 4.79 Å². The second kappa shape index (κ2) is 5.83. The number of allylic oxidation sites excluding steroid dienone is 1. The molecule has 0 aromatic rings. The molecule has 3 nitrogen and oxygen atoms in total. The molecule has 0 bridgehead atoms. The van der Waals surface area contributed by atoms with Crippen molar-refractivity contribution in [3.63, 3.8) is 0 Å². The summed E-state index contributed by atoms with van der Waals surface area (Å²) in [6, 6.07) is 0. The van der Waals surface area contributed by atoms with Crippen molar-refractivity contribution in [2.45, 2.75) is 52.4 Å². The molecule has 0 atom stereocenters. The van der Waals surface area contributed by atoms with Crippen LogP contribution in [0.1, 0.15) is 27.2 Å². The van der Waals surface area contributed by atoms with E-state index in [0.717, 1.165) is 6.42 Å². The van der Waals surface area contributed by atoms with E-state index >= 15 is 0 Å². The standard InChI is InChI=1S/C15H25NO2Si/c1-7-18-14(17)16-11-10-13(15(16,2)3)9-8-12-19(4,5)6/h9H,7,10-11H2,1-6H3/b13-9+. The van der Waals surface area contributed by atoms with Gasteiger partial charge in [0.05, 0.1) is 12.1 Å². The van der Waals surface area contributed by atoms with E-state index in [1.807, 2.05) is 13.0 Å². The van der Waals surface area contributed by atoms with Crippen molar-refractivity contribution < 1.29 is 9.53 Å². The summed E-state index contributed by atoms with van der Waals surface area (Å²) in [4.78, 5) is 13.7. The van der Waals surface area contributed by atoms with Gasteiger partial charge in [0.25, 0.3) is 0 Å². The Morgan fingerprint density at radius 1 is 1.47 bits per heavy atom. The normalized spacial score (nSPS) is 20.1. The van der Waals surface area contributed by atoms with Crippen molar-refractivity contribution in [2.75, 3.05) is 13.2 Å². The lowest BCUT2D eigenvalue weighted by molar-refractivity contribution is 0.0902. The zero-order chi connectivity index (χ0) is 14.7. The molecule has 0 radical (unpaired) electrons. The van der Waals surface area contributed by atoms with Crippen LogP contribution in [0.5, 0.6) is 0 Å². The highest BCUT2D eigenvalue weighted by Gasteiger charge is 2.40. The summed E-state index contributed by atoms with van der Waals surface area (Å²) in [5, 5.41) is 0. The molecule has 0 spiro atoms. The van der Waals surface area contributed by atoms with Crippen LogP contribution >= 0.6 is 0 Å². The molecule has 0 aromatic heterocycles. The maximum absolute atomic E-state index is 11.9. The smallest absolute Gasteiger partial charge is 0.410 e. The molecule has 1 amide bonds. The number of ether oxygens (including phenoxy) is 1. The van der Waals surface area contributed by atoms with Crippen LogP contribution in [0.3, 0.4) is 0 Å². The van der Waals surface area contributed by atoms with Crippen LogP contribution < -0.4 is 0 Å². The lowest BCUT2D eigenvalue weighted by Crippen LogP contribution is -2.43. The van der Waals surface area contributed by atoms with Crippen molar-refractivity contribution in [3.8, 4) is 11.5 Å². The molecule has 0 saturated carbocycles. The van der Waals surface area contributed by atoms with Gasteiger partial charge < -0.3 is 4.74 Å². The average molecular weight is 279 g/mol.